The minimum Gasteiger partial charge on any atom is -0.484 e. The summed E-state index contributed by atoms with van der Waals surface area (Å²) in [5.74, 6) is 0.668. The molecule has 1 atom stereocenters. The fraction of sp³-hybridized carbons (Fsp3) is 0.600. The molecule has 0 aromatic heterocycles. The Labute approximate surface area is 161 Å². The zero-order valence-electron chi connectivity index (χ0n) is 16.6. The van der Waals surface area contributed by atoms with Crippen molar-refractivity contribution in [1.29, 1.82) is 0 Å². The monoisotopic (exact) mass is 378 g/mol. The van der Waals surface area contributed by atoms with Gasteiger partial charge in [0.2, 0.25) is 0 Å². The summed E-state index contributed by atoms with van der Waals surface area (Å²) in [6.07, 6.45) is 0.625. The standard InChI is InChI=1S/C20H30N2O5/c1-15(2)13-20(3,25-4)19(24)21-16-5-7-17(8-6-16)27-14-18(23)22-9-11-26-12-10-22/h5-8,15H,9-14H2,1-4H3,(H,21,24)/t20-/m0/s1. The Balaban J connectivity index is 1.87. The maximum Gasteiger partial charge on any atom is 0.260 e. The molecule has 0 saturated carbocycles. The number of nitrogens with zero attached hydrogens (tertiary/aromatic N) is 1. The molecule has 27 heavy (non-hydrogen) atoms. The third-order valence-electron chi connectivity index (χ3n) is 4.57. The SMILES string of the molecule is CO[C@@](C)(CC(C)C)C(=O)Nc1ccc(OCC(=O)N2CCOCC2)cc1. The van der Waals surface area contributed by atoms with Crippen LogP contribution in [0.25, 0.3) is 0 Å². The first kappa shape index (κ1) is 21.2. The van der Waals surface area contributed by atoms with Crippen LogP contribution in [-0.4, -0.2) is 62.3 Å². The number of nitrogens with one attached hydrogen (secondary N) is 1. The zero-order valence-corrected chi connectivity index (χ0v) is 16.6. The lowest BCUT2D eigenvalue weighted by Crippen LogP contribution is -2.43. The van der Waals surface area contributed by atoms with E-state index in [0.29, 0.717) is 50.1 Å². The van der Waals surface area contributed by atoms with E-state index >= 15 is 0 Å². The molecule has 0 bridgehead atoms. The molecule has 0 spiro atoms. The molecule has 1 fully saturated rings. The topological polar surface area (TPSA) is 77.1 Å². The Kier molecular flexibility index (Phi) is 7.62. The summed E-state index contributed by atoms with van der Waals surface area (Å²) in [5, 5.41) is 2.87. The highest BCUT2D eigenvalue weighted by Crippen LogP contribution is 2.23. The number of anilines is 1. The van der Waals surface area contributed by atoms with Crippen molar-refractivity contribution in [2.24, 2.45) is 5.92 Å². The van der Waals surface area contributed by atoms with Crippen LogP contribution in [-0.2, 0) is 19.1 Å². The molecule has 1 N–H and O–H groups in total. The molecule has 1 saturated heterocycles. The highest BCUT2D eigenvalue weighted by atomic mass is 16.5. The molecule has 1 heterocycles. The number of amides is 2. The number of hydrogen-bond donors (Lipinski definition) is 1. The van der Waals surface area contributed by atoms with Crippen molar-refractivity contribution in [2.45, 2.75) is 32.8 Å². The van der Waals surface area contributed by atoms with E-state index in [-0.39, 0.29) is 18.4 Å². The van der Waals surface area contributed by atoms with Crippen LogP contribution in [0.1, 0.15) is 27.2 Å². The average Bonchev–Trinajstić information content (AvgIpc) is 2.67. The molecule has 1 aromatic carbocycles. The minimum atomic E-state index is -0.881. The van der Waals surface area contributed by atoms with Gasteiger partial charge in [0.1, 0.15) is 11.4 Å². The molecule has 1 aliphatic heterocycles. The first-order valence-electron chi connectivity index (χ1n) is 9.29. The molecule has 2 rings (SSSR count). The molecule has 0 radical (unpaired) electrons. The number of rotatable bonds is 8. The molecule has 1 aromatic rings. The van der Waals surface area contributed by atoms with Crippen molar-refractivity contribution in [3.63, 3.8) is 0 Å². The molecule has 0 aliphatic carbocycles. The third-order valence-corrected chi connectivity index (χ3v) is 4.57. The van der Waals surface area contributed by atoms with E-state index < -0.39 is 5.60 Å². The highest BCUT2D eigenvalue weighted by Gasteiger charge is 2.33. The van der Waals surface area contributed by atoms with Gasteiger partial charge in [-0.3, -0.25) is 9.59 Å². The summed E-state index contributed by atoms with van der Waals surface area (Å²) < 4.78 is 16.2. The van der Waals surface area contributed by atoms with Gasteiger partial charge in [0.25, 0.3) is 11.8 Å². The van der Waals surface area contributed by atoms with Gasteiger partial charge >= 0.3 is 0 Å². The van der Waals surface area contributed by atoms with Crippen molar-refractivity contribution in [3.05, 3.63) is 24.3 Å². The minimum absolute atomic E-state index is 0.0121. The number of methoxy groups -OCH3 is 1. The van der Waals surface area contributed by atoms with Gasteiger partial charge in [0, 0.05) is 25.9 Å². The summed E-state index contributed by atoms with van der Waals surface area (Å²) >= 11 is 0. The first-order chi connectivity index (χ1) is 12.8. The lowest BCUT2D eigenvalue weighted by Gasteiger charge is -2.28. The maximum absolute atomic E-state index is 12.5. The van der Waals surface area contributed by atoms with Crippen LogP contribution in [0.4, 0.5) is 5.69 Å². The van der Waals surface area contributed by atoms with Gasteiger partial charge in [-0.05, 0) is 43.5 Å². The number of carbonyl (C=O) groups excluding carboxylic acids is 2. The predicted octanol–water partition coefficient (Wildman–Crippen LogP) is 2.31. The van der Waals surface area contributed by atoms with E-state index in [9.17, 15) is 9.59 Å². The first-order valence-corrected chi connectivity index (χ1v) is 9.29. The van der Waals surface area contributed by atoms with Crippen LogP contribution < -0.4 is 10.1 Å². The fourth-order valence-corrected chi connectivity index (χ4v) is 2.99. The second kappa shape index (κ2) is 9.71. The number of ether oxygens (including phenoxy) is 3. The number of morpholine rings is 1. The maximum atomic E-state index is 12.5. The molecule has 150 valence electrons. The Morgan fingerprint density at radius 2 is 1.85 bits per heavy atom. The zero-order chi connectivity index (χ0) is 19.9. The van der Waals surface area contributed by atoms with Crippen LogP contribution in [0.15, 0.2) is 24.3 Å². The smallest absolute Gasteiger partial charge is 0.260 e. The van der Waals surface area contributed by atoms with Crippen molar-refractivity contribution in [2.75, 3.05) is 45.3 Å². The summed E-state index contributed by atoms with van der Waals surface area (Å²) in [4.78, 5) is 26.4. The van der Waals surface area contributed by atoms with Crippen LogP contribution in [0.5, 0.6) is 5.75 Å². The Morgan fingerprint density at radius 1 is 1.22 bits per heavy atom. The second-order valence-electron chi connectivity index (χ2n) is 7.29. The molecule has 2 amide bonds. The number of hydrogen-bond acceptors (Lipinski definition) is 5. The van der Waals surface area contributed by atoms with Gasteiger partial charge in [0.05, 0.1) is 13.2 Å². The molecular formula is C20H30N2O5. The van der Waals surface area contributed by atoms with Crippen molar-refractivity contribution in [1.82, 2.24) is 4.90 Å². The van der Waals surface area contributed by atoms with Crippen LogP contribution in [0, 0.1) is 5.92 Å². The summed E-state index contributed by atoms with van der Waals surface area (Å²) in [6.45, 7) is 8.21. The largest absolute Gasteiger partial charge is 0.484 e. The van der Waals surface area contributed by atoms with Gasteiger partial charge in [-0.25, -0.2) is 0 Å². The van der Waals surface area contributed by atoms with E-state index in [4.69, 9.17) is 14.2 Å². The molecule has 7 heteroatoms. The summed E-state index contributed by atoms with van der Waals surface area (Å²) in [6, 6.07) is 6.96. The number of carbonyl (C=O) groups is 2. The highest BCUT2D eigenvalue weighted by molar-refractivity contribution is 5.97. The van der Waals surface area contributed by atoms with Crippen LogP contribution in [0.3, 0.4) is 0 Å². The van der Waals surface area contributed by atoms with E-state index in [0.717, 1.165) is 0 Å². The lowest BCUT2D eigenvalue weighted by molar-refractivity contribution is -0.137. The van der Waals surface area contributed by atoms with E-state index in [1.54, 1.807) is 43.2 Å². The van der Waals surface area contributed by atoms with E-state index in [1.165, 1.54) is 0 Å². The Bertz CT molecular complexity index is 626. The quantitative estimate of drug-likeness (QED) is 0.751. The van der Waals surface area contributed by atoms with E-state index in [2.05, 4.69) is 19.2 Å². The second-order valence-corrected chi connectivity index (χ2v) is 7.29. The van der Waals surface area contributed by atoms with Crippen LogP contribution >= 0.6 is 0 Å². The fourth-order valence-electron chi connectivity index (χ4n) is 2.99. The normalized spacial score (nSPS) is 16.7. The number of benzene rings is 1. The van der Waals surface area contributed by atoms with Gasteiger partial charge in [-0.2, -0.15) is 0 Å². The lowest BCUT2D eigenvalue weighted by atomic mass is 9.93. The summed E-state index contributed by atoms with van der Waals surface area (Å²) in [5.41, 5.74) is -0.229. The van der Waals surface area contributed by atoms with Gasteiger partial charge in [-0.1, -0.05) is 13.8 Å². The molecule has 1 aliphatic rings. The molecule has 7 nitrogen and oxygen atoms in total. The third kappa shape index (κ3) is 6.22. The van der Waals surface area contributed by atoms with Gasteiger partial charge in [0.15, 0.2) is 6.61 Å². The van der Waals surface area contributed by atoms with Crippen molar-refractivity contribution >= 4 is 17.5 Å². The van der Waals surface area contributed by atoms with Gasteiger partial charge < -0.3 is 24.4 Å². The Morgan fingerprint density at radius 3 is 2.41 bits per heavy atom. The Hall–Kier alpha value is -2.12. The molecule has 0 unspecified atom stereocenters. The van der Waals surface area contributed by atoms with Crippen molar-refractivity contribution < 1.29 is 23.8 Å². The van der Waals surface area contributed by atoms with Crippen molar-refractivity contribution in [3.8, 4) is 5.75 Å². The van der Waals surface area contributed by atoms with E-state index in [1.807, 2.05) is 0 Å². The predicted molar refractivity (Wildman–Crippen MR) is 103 cm³/mol. The van der Waals surface area contributed by atoms with Gasteiger partial charge in [-0.15, -0.1) is 0 Å². The average molecular weight is 378 g/mol. The molecular weight excluding hydrogens is 348 g/mol. The summed E-state index contributed by atoms with van der Waals surface area (Å²) in [7, 11) is 1.55. The van der Waals surface area contributed by atoms with Crippen LogP contribution in [0.2, 0.25) is 0 Å².